The molecular formula is C28H38O10. The summed E-state index contributed by atoms with van der Waals surface area (Å²) in [5.41, 5.74) is -4.97. The first-order valence-corrected chi connectivity index (χ1v) is 13.2. The monoisotopic (exact) mass is 534 g/mol. The number of epoxide rings is 1. The van der Waals surface area contributed by atoms with Crippen LogP contribution in [-0.2, 0) is 42.9 Å². The third kappa shape index (κ3) is 4.25. The molecule has 0 aromatic carbocycles. The van der Waals surface area contributed by atoms with E-state index in [-0.39, 0.29) is 6.42 Å². The Labute approximate surface area is 222 Å². The maximum Gasteiger partial charge on any atom is 0.342 e. The van der Waals surface area contributed by atoms with Gasteiger partial charge in [0, 0.05) is 31.6 Å². The van der Waals surface area contributed by atoms with E-state index < -0.39 is 76.4 Å². The van der Waals surface area contributed by atoms with Crippen LogP contribution >= 0.6 is 0 Å². The molecule has 2 saturated heterocycles. The van der Waals surface area contributed by atoms with E-state index in [1.807, 2.05) is 13.8 Å². The highest BCUT2D eigenvalue weighted by Crippen LogP contribution is 2.65. The van der Waals surface area contributed by atoms with Crippen LogP contribution in [0.3, 0.4) is 0 Å². The SMILES string of the molecule is CCCC(=O)OC1C=C[C@]2(C)C(OC(C)=O)CC/C(C)=C\C3OC(=O)[C@@]4(C)OC34C(OC(C)=O)C2[C@@]1(C)O. The molecule has 2 fully saturated rings. The second-order valence-corrected chi connectivity index (χ2v) is 11.5. The van der Waals surface area contributed by atoms with Crippen LogP contribution in [0.2, 0.25) is 0 Å². The molecule has 210 valence electrons. The highest BCUT2D eigenvalue weighted by atomic mass is 16.7. The molecule has 0 aromatic rings. The van der Waals surface area contributed by atoms with Crippen LogP contribution in [0.1, 0.15) is 74.1 Å². The van der Waals surface area contributed by atoms with Crippen LogP contribution in [0.25, 0.3) is 0 Å². The molecular weight excluding hydrogens is 496 g/mol. The van der Waals surface area contributed by atoms with E-state index >= 15 is 0 Å². The summed E-state index contributed by atoms with van der Waals surface area (Å²) in [6.45, 7) is 11.1. The normalized spacial score (nSPS) is 44.8. The lowest BCUT2D eigenvalue weighted by atomic mass is 9.55. The highest BCUT2D eigenvalue weighted by Gasteiger charge is 2.87. The lowest BCUT2D eigenvalue weighted by Gasteiger charge is -2.55. The Hall–Kier alpha value is -2.72. The Morgan fingerprint density at radius 1 is 1.11 bits per heavy atom. The van der Waals surface area contributed by atoms with Crippen LogP contribution in [0.15, 0.2) is 23.8 Å². The third-order valence-corrected chi connectivity index (χ3v) is 8.60. The largest absolute Gasteiger partial charge is 0.462 e. The highest BCUT2D eigenvalue weighted by molar-refractivity contribution is 5.89. The summed E-state index contributed by atoms with van der Waals surface area (Å²) in [7, 11) is 0. The van der Waals surface area contributed by atoms with Gasteiger partial charge in [-0.1, -0.05) is 25.5 Å². The number of fused-ring (bicyclic) bond motifs is 1. The third-order valence-electron chi connectivity index (χ3n) is 8.60. The molecule has 10 heteroatoms. The summed E-state index contributed by atoms with van der Waals surface area (Å²) in [5, 5.41) is 12.2. The van der Waals surface area contributed by atoms with E-state index in [2.05, 4.69) is 0 Å². The topological polar surface area (TPSA) is 138 Å². The van der Waals surface area contributed by atoms with Crippen LogP contribution in [0, 0.1) is 11.3 Å². The smallest absolute Gasteiger partial charge is 0.342 e. The zero-order valence-electron chi connectivity index (χ0n) is 23.1. The second-order valence-electron chi connectivity index (χ2n) is 11.5. The first-order valence-electron chi connectivity index (χ1n) is 13.2. The molecule has 0 radical (unpaired) electrons. The van der Waals surface area contributed by atoms with Crippen LogP contribution in [0.5, 0.6) is 0 Å². The minimum Gasteiger partial charge on any atom is -0.462 e. The van der Waals surface area contributed by atoms with Gasteiger partial charge in [0.15, 0.2) is 17.3 Å². The van der Waals surface area contributed by atoms with Crippen LogP contribution in [0.4, 0.5) is 0 Å². The molecule has 2 aliphatic carbocycles. The molecule has 38 heavy (non-hydrogen) atoms. The number of hydrogen-bond acceptors (Lipinski definition) is 10. The number of aliphatic hydroxyl groups is 1. The van der Waals surface area contributed by atoms with Crippen molar-refractivity contribution in [2.24, 2.45) is 11.3 Å². The number of allylic oxidation sites excluding steroid dienone is 1. The van der Waals surface area contributed by atoms with E-state index in [0.29, 0.717) is 19.3 Å². The van der Waals surface area contributed by atoms with E-state index in [1.54, 1.807) is 32.1 Å². The maximum absolute atomic E-state index is 13.0. The molecule has 1 spiro atoms. The Morgan fingerprint density at radius 2 is 1.76 bits per heavy atom. The molecule has 0 amide bonds. The number of carbonyl (C=O) groups is 4. The van der Waals surface area contributed by atoms with Gasteiger partial charge in [0.1, 0.15) is 23.9 Å². The quantitative estimate of drug-likeness (QED) is 0.242. The van der Waals surface area contributed by atoms with Gasteiger partial charge in [-0.3, -0.25) is 14.4 Å². The molecule has 2 heterocycles. The maximum atomic E-state index is 13.0. The number of rotatable bonds is 5. The molecule has 10 nitrogen and oxygen atoms in total. The van der Waals surface area contributed by atoms with Crippen LogP contribution in [-0.4, -0.2) is 70.2 Å². The van der Waals surface area contributed by atoms with Gasteiger partial charge in [-0.25, -0.2) is 4.79 Å². The Morgan fingerprint density at radius 3 is 2.34 bits per heavy atom. The predicted octanol–water partition coefficient (Wildman–Crippen LogP) is 2.70. The Balaban J connectivity index is 1.95. The summed E-state index contributed by atoms with van der Waals surface area (Å²) < 4.78 is 29.4. The van der Waals surface area contributed by atoms with Crippen molar-refractivity contribution in [1.29, 1.82) is 0 Å². The first-order chi connectivity index (χ1) is 17.6. The molecule has 1 N–H and O–H groups in total. The van der Waals surface area contributed by atoms with Crippen molar-refractivity contribution in [2.75, 3.05) is 0 Å². The van der Waals surface area contributed by atoms with Crippen molar-refractivity contribution >= 4 is 23.9 Å². The number of ether oxygens (including phenoxy) is 5. The average molecular weight is 535 g/mol. The average Bonchev–Trinajstić information content (AvgIpc) is 3.38. The lowest BCUT2D eigenvalue weighted by Crippen LogP contribution is -2.67. The molecule has 0 saturated carbocycles. The Kier molecular flexibility index (Phi) is 7.06. The molecule has 9 atom stereocenters. The summed E-state index contributed by atoms with van der Waals surface area (Å²) in [6, 6.07) is 0. The number of esters is 4. The van der Waals surface area contributed by atoms with Gasteiger partial charge >= 0.3 is 23.9 Å². The van der Waals surface area contributed by atoms with Gasteiger partial charge in [0.05, 0.1) is 0 Å². The van der Waals surface area contributed by atoms with Crippen LogP contribution < -0.4 is 0 Å². The van der Waals surface area contributed by atoms with Gasteiger partial charge in [0.25, 0.3) is 0 Å². The fourth-order valence-corrected chi connectivity index (χ4v) is 6.69. The van der Waals surface area contributed by atoms with Crippen molar-refractivity contribution in [3.63, 3.8) is 0 Å². The first kappa shape index (κ1) is 28.3. The Bertz CT molecular complexity index is 1090. The van der Waals surface area contributed by atoms with E-state index in [4.69, 9.17) is 23.7 Å². The molecule has 4 rings (SSSR count). The van der Waals surface area contributed by atoms with Crippen molar-refractivity contribution in [2.45, 2.75) is 115 Å². The van der Waals surface area contributed by atoms with Gasteiger partial charge in [-0.15, -0.1) is 0 Å². The molecule has 0 bridgehead atoms. The fourth-order valence-electron chi connectivity index (χ4n) is 6.69. The summed E-state index contributed by atoms with van der Waals surface area (Å²) in [5.74, 6) is -3.30. The van der Waals surface area contributed by atoms with E-state index in [0.717, 1.165) is 5.57 Å². The summed E-state index contributed by atoms with van der Waals surface area (Å²) >= 11 is 0. The zero-order valence-corrected chi connectivity index (χ0v) is 23.1. The minimum absolute atomic E-state index is 0.158. The fraction of sp³-hybridized carbons (Fsp3) is 0.714. The van der Waals surface area contributed by atoms with Crippen molar-refractivity contribution in [3.05, 3.63) is 23.8 Å². The lowest BCUT2D eigenvalue weighted by molar-refractivity contribution is -0.219. The summed E-state index contributed by atoms with van der Waals surface area (Å²) in [6.07, 6.45) is 2.75. The number of hydrogen-bond donors (Lipinski definition) is 1. The van der Waals surface area contributed by atoms with Crippen molar-refractivity contribution < 1.29 is 48.0 Å². The van der Waals surface area contributed by atoms with Crippen molar-refractivity contribution in [3.8, 4) is 0 Å². The standard InChI is InChI=1S/C28H38O10/c1-8-9-21(31)36-19-12-13-25(5)18(34-16(3)29)11-10-15(2)14-20-28(27(7,38-28)24(32)37-20)23(35-17(4)30)22(25)26(19,6)33/h12-14,18-20,22-23,33H,8-11H2,1-7H3/b15-14-/t18?,19?,20?,22?,23?,25-,26+,27-,28?/m1/s1. The second kappa shape index (κ2) is 9.48. The van der Waals surface area contributed by atoms with Crippen molar-refractivity contribution in [1.82, 2.24) is 0 Å². The molecule has 0 aromatic heterocycles. The molecule has 4 aliphatic rings. The summed E-state index contributed by atoms with van der Waals surface area (Å²) in [4.78, 5) is 50.3. The van der Waals surface area contributed by atoms with Gasteiger partial charge in [-0.05, 0) is 52.2 Å². The molecule has 2 aliphatic heterocycles. The predicted molar refractivity (Wildman–Crippen MR) is 132 cm³/mol. The van der Waals surface area contributed by atoms with E-state index in [1.165, 1.54) is 20.8 Å². The number of carbonyl (C=O) groups excluding carboxylic acids is 4. The van der Waals surface area contributed by atoms with Gasteiger partial charge in [-0.2, -0.15) is 0 Å². The minimum atomic E-state index is -1.83. The molecule has 6 unspecified atom stereocenters. The zero-order chi connectivity index (χ0) is 28.3. The van der Waals surface area contributed by atoms with Gasteiger partial charge < -0.3 is 28.8 Å². The van der Waals surface area contributed by atoms with Gasteiger partial charge in [0.2, 0.25) is 0 Å². The van der Waals surface area contributed by atoms with E-state index in [9.17, 15) is 24.3 Å².